The molecule has 0 bridgehead atoms. The number of hydrogen-bond donors (Lipinski definition) is 2. The maximum atomic E-state index is 12.1. The van der Waals surface area contributed by atoms with Crippen molar-refractivity contribution < 1.29 is 14.7 Å². The first-order chi connectivity index (χ1) is 9.97. The van der Waals surface area contributed by atoms with E-state index in [1.165, 1.54) is 0 Å². The standard InChI is InChI=1S/C15H23N3O3/c1-10-8-11(2)18(17-10)9-13(19)16-14(15(20)21)12-6-4-3-5-7-12/h8,12,14H,3-7,9H2,1-2H3,(H,16,19)(H,20,21). The van der Waals surface area contributed by atoms with E-state index in [2.05, 4.69) is 10.4 Å². The van der Waals surface area contributed by atoms with E-state index in [4.69, 9.17) is 0 Å². The van der Waals surface area contributed by atoms with Crippen LogP contribution in [0.1, 0.15) is 43.5 Å². The second kappa shape index (κ2) is 6.74. The van der Waals surface area contributed by atoms with Crippen LogP contribution in [0.5, 0.6) is 0 Å². The van der Waals surface area contributed by atoms with E-state index in [1.807, 2.05) is 19.9 Å². The van der Waals surface area contributed by atoms with Crippen LogP contribution < -0.4 is 5.32 Å². The first kappa shape index (κ1) is 15.5. The molecule has 0 aromatic carbocycles. The number of amides is 1. The van der Waals surface area contributed by atoms with Gasteiger partial charge in [-0.05, 0) is 38.7 Å². The SMILES string of the molecule is Cc1cc(C)n(CC(=O)NC(C(=O)O)C2CCCCC2)n1. The molecular weight excluding hydrogens is 270 g/mol. The van der Waals surface area contributed by atoms with Gasteiger partial charge < -0.3 is 10.4 Å². The summed E-state index contributed by atoms with van der Waals surface area (Å²) in [7, 11) is 0. The molecule has 6 heteroatoms. The fourth-order valence-corrected chi connectivity index (χ4v) is 3.04. The highest BCUT2D eigenvalue weighted by Crippen LogP contribution is 2.26. The molecular formula is C15H23N3O3. The molecule has 1 heterocycles. The lowest BCUT2D eigenvalue weighted by Gasteiger charge is -2.28. The Bertz CT molecular complexity index is 518. The van der Waals surface area contributed by atoms with Crippen LogP contribution in [-0.2, 0) is 16.1 Å². The Hall–Kier alpha value is -1.85. The van der Waals surface area contributed by atoms with Gasteiger partial charge in [-0.2, -0.15) is 5.10 Å². The number of aromatic nitrogens is 2. The molecule has 1 unspecified atom stereocenters. The predicted octanol–water partition coefficient (Wildman–Crippen LogP) is 1.65. The van der Waals surface area contributed by atoms with Crippen molar-refractivity contribution >= 4 is 11.9 Å². The number of aryl methyl sites for hydroxylation is 2. The molecule has 1 atom stereocenters. The normalized spacial score (nSPS) is 17.4. The Kier molecular flexibility index (Phi) is 4.98. The van der Waals surface area contributed by atoms with Crippen molar-refractivity contribution in [3.8, 4) is 0 Å². The fourth-order valence-electron chi connectivity index (χ4n) is 3.04. The number of carboxylic acids is 1. The zero-order valence-electron chi connectivity index (χ0n) is 12.6. The first-order valence-corrected chi connectivity index (χ1v) is 7.50. The molecule has 0 aliphatic heterocycles. The zero-order chi connectivity index (χ0) is 15.4. The fraction of sp³-hybridized carbons (Fsp3) is 0.667. The molecule has 21 heavy (non-hydrogen) atoms. The van der Waals surface area contributed by atoms with E-state index in [9.17, 15) is 14.7 Å². The van der Waals surface area contributed by atoms with Gasteiger partial charge >= 0.3 is 5.97 Å². The molecule has 1 amide bonds. The number of nitrogens with zero attached hydrogens (tertiary/aromatic N) is 2. The molecule has 0 radical (unpaired) electrons. The van der Waals surface area contributed by atoms with E-state index in [-0.39, 0.29) is 18.4 Å². The average molecular weight is 293 g/mol. The smallest absolute Gasteiger partial charge is 0.326 e. The maximum absolute atomic E-state index is 12.1. The van der Waals surface area contributed by atoms with Gasteiger partial charge in [0, 0.05) is 5.69 Å². The molecule has 6 nitrogen and oxygen atoms in total. The van der Waals surface area contributed by atoms with Crippen LogP contribution in [0.2, 0.25) is 0 Å². The molecule has 1 fully saturated rings. The van der Waals surface area contributed by atoms with Gasteiger partial charge in [0.15, 0.2) is 0 Å². The van der Waals surface area contributed by atoms with Crippen molar-refractivity contribution in [2.75, 3.05) is 0 Å². The van der Waals surface area contributed by atoms with E-state index in [1.54, 1.807) is 4.68 Å². The minimum Gasteiger partial charge on any atom is -0.480 e. The average Bonchev–Trinajstić information content (AvgIpc) is 2.75. The third kappa shape index (κ3) is 4.06. The predicted molar refractivity (Wildman–Crippen MR) is 77.8 cm³/mol. The Balaban J connectivity index is 1.98. The minimum atomic E-state index is -0.941. The molecule has 1 saturated carbocycles. The van der Waals surface area contributed by atoms with Crippen molar-refractivity contribution in [2.24, 2.45) is 5.92 Å². The summed E-state index contributed by atoms with van der Waals surface area (Å²) in [6.45, 7) is 3.81. The highest BCUT2D eigenvalue weighted by atomic mass is 16.4. The lowest BCUT2D eigenvalue weighted by atomic mass is 9.84. The Labute approximate surface area is 124 Å². The summed E-state index contributed by atoms with van der Waals surface area (Å²) in [5.41, 5.74) is 1.74. The minimum absolute atomic E-state index is 0.0423. The van der Waals surface area contributed by atoms with Gasteiger partial charge in [0.1, 0.15) is 12.6 Å². The molecule has 1 aromatic heterocycles. The highest BCUT2D eigenvalue weighted by molar-refractivity contribution is 5.83. The summed E-state index contributed by atoms with van der Waals surface area (Å²) in [6.07, 6.45) is 4.99. The van der Waals surface area contributed by atoms with Crippen LogP contribution in [0.3, 0.4) is 0 Å². The van der Waals surface area contributed by atoms with Crippen LogP contribution in [-0.4, -0.2) is 32.8 Å². The number of aliphatic carboxylic acids is 1. The Morgan fingerprint density at radius 3 is 2.57 bits per heavy atom. The van der Waals surface area contributed by atoms with Gasteiger partial charge in [0.2, 0.25) is 5.91 Å². The third-order valence-corrected chi connectivity index (χ3v) is 4.10. The number of carboxylic acid groups (broad SMARTS) is 1. The Morgan fingerprint density at radius 2 is 2.05 bits per heavy atom. The van der Waals surface area contributed by atoms with E-state index in [0.29, 0.717) is 0 Å². The molecule has 1 aliphatic carbocycles. The maximum Gasteiger partial charge on any atom is 0.326 e. The Morgan fingerprint density at radius 1 is 1.38 bits per heavy atom. The van der Waals surface area contributed by atoms with Crippen molar-refractivity contribution in [1.82, 2.24) is 15.1 Å². The van der Waals surface area contributed by atoms with Crippen LogP contribution in [0.15, 0.2) is 6.07 Å². The monoisotopic (exact) mass is 293 g/mol. The van der Waals surface area contributed by atoms with Gasteiger partial charge in [-0.3, -0.25) is 9.48 Å². The van der Waals surface area contributed by atoms with Crippen LogP contribution >= 0.6 is 0 Å². The van der Waals surface area contributed by atoms with Crippen molar-refractivity contribution in [3.63, 3.8) is 0 Å². The molecule has 1 aromatic rings. The summed E-state index contributed by atoms with van der Waals surface area (Å²) in [6, 6.07) is 1.11. The number of nitrogens with one attached hydrogen (secondary N) is 1. The van der Waals surface area contributed by atoms with Crippen LogP contribution in [0.25, 0.3) is 0 Å². The van der Waals surface area contributed by atoms with Crippen LogP contribution in [0, 0.1) is 19.8 Å². The quantitative estimate of drug-likeness (QED) is 0.864. The lowest BCUT2D eigenvalue weighted by Crippen LogP contribution is -2.47. The van der Waals surface area contributed by atoms with E-state index in [0.717, 1.165) is 43.5 Å². The number of carbonyl (C=O) groups is 2. The highest BCUT2D eigenvalue weighted by Gasteiger charge is 2.30. The van der Waals surface area contributed by atoms with Crippen LogP contribution in [0.4, 0.5) is 0 Å². The topological polar surface area (TPSA) is 84.2 Å². The van der Waals surface area contributed by atoms with E-state index < -0.39 is 12.0 Å². The van der Waals surface area contributed by atoms with Crippen molar-refractivity contribution in [3.05, 3.63) is 17.5 Å². The van der Waals surface area contributed by atoms with Gasteiger partial charge in [0.25, 0.3) is 0 Å². The van der Waals surface area contributed by atoms with Crippen molar-refractivity contribution in [1.29, 1.82) is 0 Å². The summed E-state index contributed by atoms with van der Waals surface area (Å²) >= 11 is 0. The number of hydrogen-bond acceptors (Lipinski definition) is 3. The van der Waals surface area contributed by atoms with E-state index >= 15 is 0 Å². The van der Waals surface area contributed by atoms with Gasteiger partial charge in [0.05, 0.1) is 5.69 Å². The second-order valence-corrected chi connectivity index (χ2v) is 5.87. The molecule has 116 valence electrons. The summed E-state index contributed by atoms with van der Waals surface area (Å²) in [5.74, 6) is -1.19. The molecule has 2 rings (SSSR count). The second-order valence-electron chi connectivity index (χ2n) is 5.87. The zero-order valence-corrected chi connectivity index (χ0v) is 12.6. The van der Waals surface area contributed by atoms with Gasteiger partial charge in [-0.25, -0.2) is 4.79 Å². The molecule has 2 N–H and O–H groups in total. The summed E-state index contributed by atoms with van der Waals surface area (Å²) in [4.78, 5) is 23.5. The summed E-state index contributed by atoms with van der Waals surface area (Å²) < 4.78 is 1.60. The number of carbonyl (C=O) groups excluding carboxylic acids is 1. The molecule has 0 spiro atoms. The van der Waals surface area contributed by atoms with Crippen molar-refractivity contribution in [2.45, 2.75) is 58.5 Å². The largest absolute Gasteiger partial charge is 0.480 e. The molecule has 1 aliphatic rings. The third-order valence-electron chi connectivity index (χ3n) is 4.10. The van der Waals surface area contributed by atoms with Gasteiger partial charge in [-0.15, -0.1) is 0 Å². The van der Waals surface area contributed by atoms with Gasteiger partial charge in [-0.1, -0.05) is 19.3 Å². The molecule has 0 saturated heterocycles. The lowest BCUT2D eigenvalue weighted by molar-refractivity contribution is -0.144. The summed E-state index contributed by atoms with van der Waals surface area (Å²) in [5, 5.41) is 16.3. The first-order valence-electron chi connectivity index (χ1n) is 7.50. The number of rotatable bonds is 5.